The normalized spacial score (nSPS) is 20.8. The topological polar surface area (TPSA) is 178 Å². The number of hydrogen-bond acceptors (Lipinski definition) is 11. The Morgan fingerprint density at radius 3 is 1.71 bits per heavy atom. The average molecular weight is 859 g/mol. The van der Waals surface area contributed by atoms with Crippen LogP contribution in [-0.2, 0) is 38.3 Å². The molecule has 6 unspecified atom stereocenters. The first-order valence-electron chi connectivity index (χ1n) is 22.9. The highest BCUT2D eigenvalue weighted by molar-refractivity contribution is 7.80. The fraction of sp³-hybridized carbons (Fsp3) is 0.804. The highest BCUT2D eigenvalue weighted by atomic mass is 32.3. The Kier molecular flexibility index (Phi) is 35.3. The number of unbranched alkanes of at least 4 members (excludes halogenated alkanes) is 18. The first-order valence-corrected chi connectivity index (χ1v) is 24.3. The van der Waals surface area contributed by atoms with Crippen molar-refractivity contribution >= 4 is 16.4 Å². The minimum Gasteiger partial charge on any atom is -0.457 e. The lowest BCUT2D eigenvalue weighted by Crippen LogP contribution is -2.60. The molecule has 0 amide bonds. The number of rotatable bonds is 39. The van der Waals surface area contributed by atoms with Gasteiger partial charge >= 0.3 is 16.4 Å². The number of esters is 1. The van der Waals surface area contributed by atoms with Crippen LogP contribution in [0, 0.1) is 0 Å². The zero-order chi connectivity index (χ0) is 43.2. The minimum absolute atomic E-state index is 0.0239. The molecular formula is C46H82O12S. The maximum Gasteiger partial charge on any atom is 0.397 e. The molecule has 6 atom stereocenters. The zero-order valence-corrected chi connectivity index (χ0v) is 37.4. The van der Waals surface area contributed by atoms with Gasteiger partial charge in [0.15, 0.2) is 6.29 Å². The first kappa shape index (κ1) is 55.1. The molecule has 1 aliphatic heterocycles. The maximum atomic E-state index is 12.8. The molecule has 4 N–H and O–H groups in total. The fourth-order valence-corrected chi connectivity index (χ4v) is 7.29. The number of carbonyl (C=O) groups is 1. The van der Waals surface area contributed by atoms with Crippen molar-refractivity contribution in [1.29, 1.82) is 0 Å². The summed E-state index contributed by atoms with van der Waals surface area (Å²) in [5.74, 6) is -0.407. The van der Waals surface area contributed by atoms with E-state index in [1.54, 1.807) is 0 Å². The van der Waals surface area contributed by atoms with Gasteiger partial charge in [-0.25, -0.2) is 4.18 Å². The van der Waals surface area contributed by atoms with Crippen molar-refractivity contribution in [3.8, 4) is 0 Å². The van der Waals surface area contributed by atoms with Crippen LogP contribution in [0.25, 0.3) is 0 Å². The van der Waals surface area contributed by atoms with E-state index < -0.39 is 59.8 Å². The Bertz CT molecular complexity index is 1220. The minimum atomic E-state index is -5.06. The van der Waals surface area contributed by atoms with E-state index in [9.17, 15) is 28.5 Å². The SMILES string of the molecule is CC/C=C\C/C=C\C/C=C\C/C=C\CCCCCCCOCC(COC1OC(CO)C(O)C(OS(=O)(=O)O)C1O)OC(=O)CCCCCCCCCCCCCCCC. The van der Waals surface area contributed by atoms with Crippen molar-refractivity contribution in [1.82, 2.24) is 0 Å². The maximum absolute atomic E-state index is 12.8. The summed E-state index contributed by atoms with van der Waals surface area (Å²) in [4.78, 5) is 12.8. The lowest BCUT2D eigenvalue weighted by molar-refractivity contribution is -0.301. The molecule has 1 saturated heterocycles. The Labute approximate surface area is 357 Å². The molecule has 1 rings (SSSR count). The van der Waals surface area contributed by atoms with E-state index in [-0.39, 0.29) is 19.6 Å². The Hall–Kier alpha value is -1.94. The van der Waals surface area contributed by atoms with Crippen LogP contribution in [0.5, 0.6) is 0 Å². The highest BCUT2D eigenvalue weighted by Crippen LogP contribution is 2.26. The third-order valence-corrected chi connectivity index (χ3v) is 10.7. The van der Waals surface area contributed by atoms with Crippen LogP contribution in [-0.4, -0.2) is 97.5 Å². The molecule has 0 aliphatic carbocycles. The van der Waals surface area contributed by atoms with Crippen molar-refractivity contribution < 1.29 is 56.2 Å². The van der Waals surface area contributed by atoms with E-state index >= 15 is 0 Å². The summed E-state index contributed by atoms with van der Waals surface area (Å²) in [5.41, 5.74) is 0. The molecule has 12 nitrogen and oxygen atoms in total. The number of carbonyl (C=O) groups excluding carboxylic acids is 1. The van der Waals surface area contributed by atoms with Crippen molar-refractivity contribution in [2.24, 2.45) is 0 Å². The second-order valence-electron chi connectivity index (χ2n) is 15.6. The second kappa shape index (κ2) is 37.8. The third-order valence-electron chi connectivity index (χ3n) is 10.2. The molecule has 59 heavy (non-hydrogen) atoms. The van der Waals surface area contributed by atoms with Gasteiger partial charge in [-0.1, -0.05) is 165 Å². The monoisotopic (exact) mass is 859 g/mol. The Morgan fingerprint density at radius 2 is 1.17 bits per heavy atom. The third kappa shape index (κ3) is 31.6. The van der Waals surface area contributed by atoms with Crippen LogP contribution in [0.4, 0.5) is 0 Å². The molecule has 0 spiro atoms. The van der Waals surface area contributed by atoms with E-state index in [1.165, 1.54) is 64.2 Å². The summed E-state index contributed by atoms with van der Waals surface area (Å²) < 4.78 is 59.0. The van der Waals surface area contributed by atoms with Gasteiger partial charge in [0, 0.05) is 13.0 Å². The van der Waals surface area contributed by atoms with Crippen molar-refractivity contribution in [3.05, 3.63) is 48.6 Å². The van der Waals surface area contributed by atoms with Crippen LogP contribution in [0.1, 0.15) is 174 Å². The average Bonchev–Trinajstić information content (AvgIpc) is 3.20. The van der Waals surface area contributed by atoms with E-state index in [0.29, 0.717) is 13.0 Å². The molecule has 0 saturated carbocycles. The smallest absolute Gasteiger partial charge is 0.397 e. The number of ether oxygens (including phenoxy) is 4. The van der Waals surface area contributed by atoms with Crippen LogP contribution in [0.2, 0.25) is 0 Å². The summed E-state index contributed by atoms with van der Waals surface area (Å²) >= 11 is 0. The molecule has 0 aromatic carbocycles. The fourth-order valence-electron chi connectivity index (χ4n) is 6.78. The van der Waals surface area contributed by atoms with Crippen LogP contribution >= 0.6 is 0 Å². The summed E-state index contributed by atoms with van der Waals surface area (Å²) in [6.45, 7) is 3.83. The van der Waals surface area contributed by atoms with Crippen LogP contribution in [0.15, 0.2) is 48.6 Å². The van der Waals surface area contributed by atoms with Gasteiger partial charge in [-0.05, 0) is 51.4 Å². The molecule has 0 radical (unpaired) electrons. The van der Waals surface area contributed by atoms with Crippen molar-refractivity contribution in [2.45, 2.75) is 211 Å². The Morgan fingerprint density at radius 1 is 0.661 bits per heavy atom. The molecular weight excluding hydrogens is 777 g/mol. The second-order valence-corrected chi connectivity index (χ2v) is 16.7. The molecule has 0 aromatic rings. The van der Waals surface area contributed by atoms with Gasteiger partial charge in [-0.3, -0.25) is 9.35 Å². The van der Waals surface area contributed by atoms with Gasteiger partial charge in [0.05, 0.1) is 19.8 Å². The summed E-state index contributed by atoms with van der Waals surface area (Å²) in [5, 5.41) is 30.7. The van der Waals surface area contributed by atoms with E-state index in [4.69, 9.17) is 23.5 Å². The molecule has 13 heteroatoms. The predicted octanol–water partition coefficient (Wildman–Crippen LogP) is 9.58. The molecule has 344 valence electrons. The summed E-state index contributed by atoms with van der Waals surface area (Å²) in [6, 6.07) is 0. The number of aliphatic hydroxyl groups is 3. The number of allylic oxidation sites excluding steroid dienone is 8. The van der Waals surface area contributed by atoms with E-state index in [2.05, 4.69) is 66.6 Å². The number of hydrogen-bond donors (Lipinski definition) is 4. The molecule has 0 bridgehead atoms. The standard InChI is InChI=1S/C46H82O12S/c1-3-5-7-9-11-13-15-17-19-20-21-22-24-26-28-30-32-34-36-54-38-40(39-55-46-44(50)45(58-59(51,52)53)43(49)41(37-47)57-46)56-42(48)35-33-31-29-27-25-23-18-16-14-12-10-8-6-4-2/h5,7,11,13,17,19,21-22,40-41,43-47,49-50H,3-4,6,8-10,12,14-16,18,20,23-39H2,1-2H3,(H,51,52,53)/b7-5-,13-11-,19-17-,22-21-. The van der Waals surface area contributed by atoms with E-state index in [1.807, 2.05) is 0 Å². The lowest BCUT2D eigenvalue weighted by Gasteiger charge is -2.41. The van der Waals surface area contributed by atoms with Gasteiger partial charge in [-0.2, -0.15) is 8.42 Å². The van der Waals surface area contributed by atoms with Gasteiger partial charge in [0.2, 0.25) is 0 Å². The summed E-state index contributed by atoms with van der Waals surface area (Å²) in [6.07, 6.45) is 35.7. The largest absolute Gasteiger partial charge is 0.457 e. The molecule has 1 aliphatic rings. The van der Waals surface area contributed by atoms with Crippen LogP contribution < -0.4 is 0 Å². The zero-order valence-electron chi connectivity index (χ0n) is 36.6. The Balaban J connectivity index is 2.44. The lowest BCUT2D eigenvalue weighted by atomic mass is 9.99. The van der Waals surface area contributed by atoms with E-state index in [0.717, 1.165) is 83.5 Å². The van der Waals surface area contributed by atoms with Gasteiger partial charge in [0.25, 0.3) is 0 Å². The highest BCUT2D eigenvalue weighted by Gasteiger charge is 2.48. The van der Waals surface area contributed by atoms with Gasteiger partial charge in [0.1, 0.15) is 30.5 Å². The summed E-state index contributed by atoms with van der Waals surface area (Å²) in [7, 11) is -5.06. The first-order chi connectivity index (χ1) is 28.6. The van der Waals surface area contributed by atoms with Crippen molar-refractivity contribution in [3.63, 3.8) is 0 Å². The van der Waals surface area contributed by atoms with Gasteiger partial charge in [-0.15, -0.1) is 0 Å². The molecule has 1 fully saturated rings. The predicted molar refractivity (Wildman–Crippen MR) is 234 cm³/mol. The van der Waals surface area contributed by atoms with Crippen LogP contribution in [0.3, 0.4) is 0 Å². The van der Waals surface area contributed by atoms with Gasteiger partial charge < -0.3 is 34.3 Å². The number of aliphatic hydroxyl groups excluding tert-OH is 3. The molecule has 1 heterocycles. The molecule has 0 aromatic heterocycles. The quantitative estimate of drug-likeness (QED) is 0.0199. The van der Waals surface area contributed by atoms with Crippen molar-refractivity contribution in [2.75, 3.05) is 26.4 Å².